The zero-order valence-electron chi connectivity index (χ0n) is 14.7. The van der Waals surface area contributed by atoms with Crippen LogP contribution in [0.4, 0.5) is 0 Å². The van der Waals surface area contributed by atoms with E-state index in [-0.39, 0.29) is 29.0 Å². The number of furan rings is 1. The van der Waals surface area contributed by atoms with Gasteiger partial charge in [-0.2, -0.15) is 0 Å². The van der Waals surface area contributed by atoms with Gasteiger partial charge in [-0.05, 0) is 56.2 Å². The lowest BCUT2D eigenvalue weighted by Crippen LogP contribution is -2.37. The predicted octanol–water partition coefficient (Wildman–Crippen LogP) is 1.58. The first kappa shape index (κ1) is 19.1. The number of sulfonamides is 1. The molecule has 1 aromatic carbocycles. The Morgan fingerprint density at radius 2 is 1.93 bits per heavy atom. The van der Waals surface area contributed by atoms with Crippen LogP contribution in [0.1, 0.15) is 35.9 Å². The van der Waals surface area contributed by atoms with Crippen LogP contribution < -0.4 is 10.0 Å². The van der Waals surface area contributed by atoms with Crippen molar-refractivity contribution < 1.29 is 27.2 Å². The number of hydrogen-bond acceptors (Lipinski definition) is 6. The van der Waals surface area contributed by atoms with Gasteiger partial charge in [0, 0.05) is 6.04 Å². The van der Waals surface area contributed by atoms with Crippen molar-refractivity contribution in [2.24, 2.45) is 0 Å². The molecule has 9 heteroatoms. The van der Waals surface area contributed by atoms with Gasteiger partial charge in [-0.3, -0.25) is 4.79 Å². The second-order valence-electron chi connectivity index (χ2n) is 6.26. The van der Waals surface area contributed by atoms with Gasteiger partial charge < -0.3 is 14.5 Å². The molecular formula is C18H20N2O6S. The maximum absolute atomic E-state index is 12.3. The molecule has 0 unspecified atom stereocenters. The molecule has 2 aromatic rings. The van der Waals surface area contributed by atoms with Crippen LogP contribution in [0.3, 0.4) is 0 Å². The SMILES string of the molecule is C[C@H](OC(=O)c1ccc(S(=O)(=O)NCc2ccco2)cc1)C(=O)NC1CC1. The summed E-state index contributed by atoms with van der Waals surface area (Å²) in [5, 5.41) is 2.75. The molecule has 1 fully saturated rings. The van der Waals surface area contributed by atoms with Gasteiger partial charge in [0.2, 0.25) is 10.0 Å². The molecule has 0 bridgehead atoms. The molecule has 2 N–H and O–H groups in total. The largest absolute Gasteiger partial charge is 0.468 e. The Morgan fingerprint density at radius 1 is 1.22 bits per heavy atom. The molecular weight excluding hydrogens is 372 g/mol. The summed E-state index contributed by atoms with van der Waals surface area (Å²) in [6.45, 7) is 1.51. The van der Waals surface area contributed by atoms with Gasteiger partial charge in [0.15, 0.2) is 6.10 Å². The van der Waals surface area contributed by atoms with E-state index in [0.717, 1.165) is 12.8 Å². The molecule has 0 saturated heterocycles. The second-order valence-corrected chi connectivity index (χ2v) is 8.03. The Labute approximate surface area is 156 Å². The van der Waals surface area contributed by atoms with E-state index in [0.29, 0.717) is 5.76 Å². The third-order valence-corrected chi connectivity index (χ3v) is 5.41. The predicted molar refractivity (Wildman–Crippen MR) is 95.2 cm³/mol. The number of rotatable bonds is 8. The normalized spacial score (nSPS) is 15.1. The van der Waals surface area contributed by atoms with Crippen LogP contribution in [0.2, 0.25) is 0 Å². The van der Waals surface area contributed by atoms with E-state index in [4.69, 9.17) is 9.15 Å². The lowest BCUT2D eigenvalue weighted by Gasteiger charge is -2.13. The zero-order chi connectivity index (χ0) is 19.4. The van der Waals surface area contributed by atoms with Gasteiger partial charge in [0.1, 0.15) is 5.76 Å². The smallest absolute Gasteiger partial charge is 0.338 e. The van der Waals surface area contributed by atoms with Crippen LogP contribution in [0, 0.1) is 0 Å². The van der Waals surface area contributed by atoms with Gasteiger partial charge in [0.25, 0.3) is 5.91 Å². The van der Waals surface area contributed by atoms with Crippen molar-refractivity contribution in [1.29, 1.82) is 0 Å². The molecule has 0 radical (unpaired) electrons. The quantitative estimate of drug-likeness (QED) is 0.659. The fourth-order valence-electron chi connectivity index (χ4n) is 2.26. The fraction of sp³-hybridized carbons (Fsp3) is 0.333. The first-order valence-electron chi connectivity index (χ1n) is 8.48. The average Bonchev–Trinajstić information content (AvgIpc) is 3.30. The van der Waals surface area contributed by atoms with Crippen LogP contribution >= 0.6 is 0 Å². The van der Waals surface area contributed by atoms with E-state index in [9.17, 15) is 18.0 Å². The van der Waals surface area contributed by atoms with Gasteiger partial charge in [-0.25, -0.2) is 17.9 Å². The number of amides is 1. The second kappa shape index (κ2) is 7.93. The zero-order valence-corrected chi connectivity index (χ0v) is 15.5. The van der Waals surface area contributed by atoms with E-state index < -0.39 is 22.1 Å². The Balaban J connectivity index is 1.58. The summed E-state index contributed by atoms with van der Waals surface area (Å²) in [7, 11) is -3.75. The molecule has 8 nitrogen and oxygen atoms in total. The van der Waals surface area contributed by atoms with E-state index in [1.165, 1.54) is 37.5 Å². The summed E-state index contributed by atoms with van der Waals surface area (Å²) < 4.78 is 37.1. The molecule has 1 saturated carbocycles. The minimum atomic E-state index is -3.75. The molecule has 27 heavy (non-hydrogen) atoms. The van der Waals surface area contributed by atoms with Crippen molar-refractivity contribution in [1.82, 2.24) is 10.0 Å². The summed E-state index contributed by atoms with van der Waals surface area (Å²) in [5.74, 6) is -0.551. The highest BCUT2D eigenvalue weighted by molar-refractivity contribution is 7.89. The van der Waals surface area contributed by atoms with Crippen molar-refractivity contribution in [3.63, 3.8) is 0 Å². The number of esters is 1. The number of nitrogens with one attached hydrogen (secondary N) is 2. The summed E-state index contributed by atoms with van der Waals surface area (Å²) >= 11 is 0. The highest BCUT2D eigenvalue weighted by atomic mass is 32.2. The number of hydrogen-bond donors (Lipinski definition) is 2. The Hall–Kier alpha value is -2.65. The number of carbonyl (C=O) groups excluding carboxylic acids is 2. The maximum atomic E-state index is 12.3. The average molecular weight is 392 g/mol. The summed E-state index contributed by atoms with van der Waals surface area (Å²) in [4.78, 5) is 24.0. The van der Waals surface area contributed by atoms with Crippen molar-refractivity contribution in [2.75, 3.05) is 0 Å². The Bertz CT molecular complexity index is 902. The maximum Gasteiger partial charge on any atom is 0.338 e. The number of carbonyl (C=O) groups is 2. The summed E-state index contributed by atoms with van der Waals surface area (Å²) in [5.41, 5.74) is 0.158. The minimum Gasteiger partial charge on any atom is -0.468 e. The third-order valence-electron chi connectivity index (χ3n) is 3.99. The van der Waals surface area contributed by atoms with Crippen molar-refractivity contribution >= 4 is 21.9 Å². The lowest BCUT2D eigenvalue weighted by molar-refractivity contribution is -0.129. The molecule has 1 aliphatic carbocycles. The van der Waals surface area contributed by atoms with Crippen LogP contribution in [-0.2, 0) is 26.1 Å². The monoisotopic (exact) mass is 392 g/mol. The van der Waals surface area contributed by atoms with Gasteiger partial charge >= 0.3 is 5.97 Å². The number of ether oxygens (including phenoxy) is 1. The Morgan fingerprint density at radius 3 is 2.52 bits per heavy atom. The van der Waals surface area contributed by atoms with Crippen molar-refractivity contribution in [3.8, 4) is 0 Å². The highest BCUT2D eigenvalue weighted by Gasteiger charge is 2.27. The first-order valence-corrected chi connectivity index (χ1v) is 9.97. The summed E-state index contributed by atoms with van der Waals surface area (Å²) in [6, 6.07) is 8.78. The molecule has 1 aromatic heterocycles. The Kier molecular flexibility index (Phi) is 5.62. The first-order chi connectivity index (χ1) is 12.8. The van der Waals surface area contributed by atoms with Crippen molar-refractivity contribution in [3.05, 3.63) is 54.0 Å². The van der Waals surface area contributed by atoms with E-state index in [1.807, 2.05) is 0 Å². The van der Waals surface area contributed by atoms with Crippen LogP contribution in [0.25, 0.3) is 0 Å². The van der Waals surface area contributed by atoms with Crippen molar-refractivity contribution in [2.45, 2.75) is 43.4 Å². The van der Waals surface area contributed by atoms with Gasteiger partial charge in [-0.1, -0.05) is 0 Å². The lowest BCUT2D eigenvalue weighted by atomic mass is 10.2. The van der Waals surface area contributed by atoms with Crippen LogP contribution in [0.5, 0.6) is 0 Å². The minimum absolute atomic E-state index is 0.00475. The fourth-order valence-corrected chi connectivity index (χ4v) is 3.25. The third kappa shape index (κ3) is 5.18. The molecule has 0 spiro atoms. The molecule has 1 atom stereocenters. The van der Waals surface area contributed by atoms with E-state index >= 15 is 0 Å². The molecule has 3 rings (SSSR count). The molecule has 144 valence electrons. The molecule has 1 aliphatic rings. The van der Waals surface area contributed by atoms with Crippen LogP contribution in [0.15, 0.2) is 52.0 Å². The molecule has 1 amide bonds. The van der Waals surface area contributed by atoms with Crippen LogP contribution in [-0.4, -0.2) is 32.4 Å². The highest BCUT2D eigenvalue weighted by Crippen LogP contribution is 2.19. The van der Waals surface area contributed by atoms with E-state index in [2.05, 4.69) is 10.0 Å². The van der Waals surface area contributed by atoms with Gasteiger partial charge in [-0.15, -0.1) is 0 Å². The van der Waals surface area contributed by atoms with E-state index in [1.54, 1.807) is 12.1 Å². The molecule has 1 heterocycles. The number of benzene rings is 1. The summed E-state index contributed by atoms with van der Waals surface area (Å²) in [6.07, 6.45) is 2.42. The standard InChI is InChI=1S/C18H20N2O6S/c1-12(17(21)20-14-6-7-14)26-18(22)13-4-8-16(9-5-13)27(23,24)19-11-15-3-2-10-25-15/h2-5,8-10,12,14,19H,6-7,11H2,1H3,(H,20,21)/t12-/m0/s1. The van der Waals surface area contributed by atoms with Gasteiger partial charge in [0.05, 0.1) is 23.3 Å². The topological polar surface area (TPSA) is 115 Å². The molecule has 0 aliphatic heterocycles.